The molecule has 0 saturated heterocycles. The van der Waals surface area contributed by atoms with E-state index in [1.807, 2.05) is 27.7 Å². The molecule has 21 heavy (non-hydrogen) atoms. The van der Waals surface area contributed by atoms with E-state index in [-0.39, 0.29) is 0 Å². The minimum absolute atomic E-state index is 0.587. The van der Waals surface area contributed by atoms with Crippen LogP contribution in [0.1, 0.15) is 56.2 Å². The first-order valence-corrected chi connectivity index (χ1v) is 7.49. The number of oxazole rings is 2. The number of fused-ring (bicyclic) bond motifs is 2. The van der Waals surface area contributed by atoms with Crippen molar-refractivity contribution in [2.75, 3.05) is 0 Å². The summed E-state index contributed by atoms with van der Waals surface area (Å²) in [5, 5.41) is 10.4. The molecule has 0 aliphatic rings. The van der Waals surface area contributed by atoms with E-state index in [9.17, 15) is 5.11 Å². The maximum absolute atomic E-state index is 10.4. The SMILES string of the molecule is CCc1nc2c(C(O)CC)c3oc(CC)nc3c(C)c2o1. The normalized spacial score (nSPS) is 13.4. The topological polar surface area (TPSA) is 72.3 Å². The molecule has 3 aromatic rings. The van der Waals surface area contributed by atoms with Gasteiger partial charge in [-0.05, 0) is 13.3 Å². The van der Waals surface area contributed by atoms with E-state index in [2.05, 4.69) is 9.97 Å². The van der Waals surface area contributed by atoms with E-state index >= 15 is 0 Å². The molecule has 0 aliphatic heterocycles. The fourth-order valence-corrected chi connectivity index (χ4v) is 2.63. The molecule has 0 spiro atoms. The summed E-state index contributed by atoms with van der Waals surface area (Å²) in [5.41, 5.74) is 4.43. The predicted octanol–water partition coefficient (Wildman–Crippen LogP) is 3.85. The molecule has 2 aromatic heterocycles. The smallest absolute Gasteiger partial charge is 0.195 e. The van der Waals surface area contributed by atoms with Gasteiger partial charge in [-0.25, -0.2) is 9.97 Å². The van der Waals surface area contributed by atoms with Crippen LogP contribution < -0.4 is 0 Å². The largest absolute Gasteiger partial charge is 0.440 e. The average molecular weight is 288 g/mol. The van der Waals surface area contributed by atoms with Gasteiger partial charge in [-0.15, -0.1) is 0 Å². The van der Waals surface area contributed by atoms with Crippen LogP contribution in [0.25, 0.3) is 22.2 Å². The quantitative estimate of drug-likeness (QED) is 0.789. The van der Waals surface area contributed by atoms with Crippen molar-refractivity contribution < 1.29 is 13.9 Å². The van der Waals surface area contributed by atoms with Crippen molar-refractivity contribution in [3.8, 4) is 0 Å². The van der Waals surface area contributed by atoms with E-state index in [0.29, 0.717) is 53.3 Å². The summed E-state index contributed by atoms with van der Waals surface area (Å²) in [6.07, 6.45) is 1.38. The number of aromatic nitrogens is 2. The molecular formula is C16H20N2O3. The molecule has 2 heterocycles. The Morgan fingerprint density at radius 1 is 0.952 bits per heavy atom. The summed E-state index contributed by atoms with van der Waals surface area (Å²) >= 11 is 0. The van der Waals surface area contributed by atoms with E-state index in [1.165, 1.54) is 0 Å². The zero-order valence-electron chi connectivity index (χ0n) is 12.9. The van der Waals surface area contributed by atoms with Crippen LogP contribution >= 0.6 is 0 Å². The minimum Gasteiger partial charge on any atom is -0.440 e. The number of aryl methyl sites for hydroxylation is 3. The Balaban J connectivity index is 2.46. The molecule has 112 valence electrons. The van der Waals surface area contributed by atoms with Crippen LogP contribution in [-0.4, -0.2) is 15.1 Å². The van der Waals surface area contributed by atoms with Crippen molar-refractivity contribution in [2.45, 2.75) is 53.1 Å². The lowest BCUT2D eigenvalue weighted by molar-refractivity contribution is 0.175. The first kappa shape index (κ1) is 14.1. The Bertz CT molecular complexity index is 741. The van der Waals surface area contributed by atoms with Crippen LogP contribution in [0.4, 0.5) is 0 Å². The lowest BCUT2D eigenvalue weighted by Crippen LogP contribution is -1.98. The van der Waals surface area contributed by atoms with Gasteiger partial charge in [0.25, 0.3) is 0 Å². The van der Waals surface area contributed by atoms with Gasteiger partial charge in [0.15, 0.2) is 22.9 Å². The summed E-state index contributed by atoms with van der Waals surface area (Å²) in [6, 6.07) is 0. The van der Waals surface area contributed by atoms with Gasteiger partial charge in [-0.1, -0.05) is 20.8 Å². The van der Waals surface area contributed by atoms with E-state index in [0.717, 1.165) is 11.1 Å². The number of aliphatic hydroxyl groups excluding tert-OH is 1. The van der Waals surface area contributed by atoms with Crippen molar-refractivity contribution in [1.82, 2.24) is 9.97 Å². The lowest BCUT2D eigenvalue weighted by Gasteiger charge is -2.09. The van der Waals surface area contributed by atoms with Gasteiger partial charge in [0, 0.05) is 18.4 Å². The molecule has 0 amide bonds. The standard InChI is InChI=1S/C16H20N2O3/c1-5-9(19)12-14-15(20-11(7-3)18-14)8(4)13-16(12)21-10(6-2)17-13/h9,19H,5-7H2,1-4H3. The molecule has 5 nitrogen and oxygen atoms in total. The second-order valence-electron chi connectivity index (χ2n) is 5.24. The van der Waals surface area contributed by atoms with Gasteiger partial charge in [0.05, 0.1) is 11.7 Å². The van der Waals surface area contributed by atoms with Crippen molar-refractivity contribution in [3.63, 3.8) is 0 Å². The molecule has 5 heteroatoms. The Hall–Kier alpha value is -1.88. The molecule has 0 fully saturated rings. The molecule has 1 N–H and O–H groups in total. The molecule has 1 aromatic carbocycles. The van der Waals surface area contributed by atoms with Crippen molar-refractivity contribution in [2.24, 2.45) is 0 Å². The van der Waals surface area contributed by atoms with Crippen LogP contribution in [-0.2, 0) is 12.8 Å². The van der Waals surface area contributed by atoms with E-state index in [4.69, 9.17) is 8.83 Å². The van der Waals surface area contributed by atoms with Crippen molar-refractivity contribution in [1.29, 1.82) is 0 Å². The fourth-order valence-electron chi connectivity index (χ4n) is 2.63. The van der Waals surface area contributed by atoms with Crippen molar-refractivity contribution >= 4 is 22.2 Å². The van der Waals surface area contributed by atoms with Crippen LogP contribution in [0.3, 0.4) is 0 Å². The molecular weight excluding hydrogens is 268 g/mol. The van der Waals surface area contributed by atoms with Gasteiger partial charge in [-0.3, -0.25) is 0 Å². The summed E-state index contributed by atoms with van der Waals surface area (Å²) in [4.78, 5) is 9.06. The summed E-state index contributed by atoms with van der Waals surface area (Å²) in [7, 11) is 0. The van der Waals surface area contributed by atoms with Gasteiger partial charge in [0.2, 0.25) is 0 Å². The number of rotatable bonds is 4. The highest BCUT2D eigenvalue weighted by molar-refractivity contribution is 5.98. The molecule has 0 bridgehead atoms. The number of hydrogen-bond donors (Lipinski definition) is 1. The van der Waals surface area contributed by atoms with Crippen LogP contribution in [0.2, 0.25) is 0 Å². The zero-order chi connectivity index (χ0) is 15.1. The average Bonchev–Trinajstić information content (AvgIpc) is 3.11. The summed E-state index contributed by atoms with van der Waals surface area (Å²) < 4.78 is 11.7. The zero-order valence-corrected chi connectivity index (χ0v) is 12.9. The van der Waals surface area contributed by atoms with Crippen LogP contribution in [0.15, 0.2) is 8.83 Å². The molecule has 1 atom stereocenters. The molecule has 0 radical (unpaired) electrons. The Kier molecular flexibility index (Phi) is 3.45. The summed E-state index contributed by atoms with van der Waals surface area (Å²) in [6.45, 7) is 7.88. The monoisotopic (exact) mass is 288 g/mol. The maximum atomic E-state index is 10.4. The maximum Gasteiger partial charge on any atom is 0.195 e. The summed E-state index contributed by atoms with van der Waals surface area (Å²) in [5.74, 6) is 1.34. The van der Waals surface area contributed by atoms with E-state index in [1.54, 1.807) is 0 Å². The molecule has 0 saturated carbocycles. The number of benzene rings is 1. The minimum atomic E-state index is -0.636. The highest BCUT2D eigenvalue weighted by Crippen LogP contribution is 2.37. The first-order valence-electron chi connectivity index (χ1n) is 7.49. The lowest BCUT2D eigenvalue weighted by atomic mass is 10.0. The second kappa shape index (κ2) is 5.15. The highest BCUT2D eigenvalue weighted by Gasteiger charge is 2.25. The van der Waals surface area contributed by atoms with Crippen molar-refractivity contribution in [3.05, 3.63) is 22.9 Å². The highest BCUT2D eigenvalue weighted by atomic mass is 16.4. The first-order chi connectivity index (χ1) is 10.1. The third-order valence-electron chi connectivity index (χ3n) is 3.86. The predicted molar refractivity (Wildman–Crippen MR) is 80.3 cm³/mol. The number of nitrogens with zero attached hydrogens (tertiary/aromatic N) is 2. The molecule has 3 rings (SSSR count). The second-order valence-corrected chi connectivity index (χ2v) is 5.24. The van der Waals surface area contributed by atoms with Crippen LogP contribution in [0, 0.1) is 6.92 Å². The molecule has 0 aliphatic carbocycles. The molecule has 1 unspecified atom stereocenters. The third kappa shape index (κ3) is 2.03. The number of hydrogen-bond acceptors (Lipinski definition) is 5. The number of aliphatic hydroxyl groups is 1. The van der Waals surface area contributed by atoms with Gasteiger partial charge in [0.1, 0.15) is 11.0 Å². The Labute approximate surface area is 123 Å². The van der Waals surface area contributed by atoms with Gasteiger partial charge in [-0.2, -0.15) is 0 Å². The van der Waals surface area contributed by atoms with Gasteiger partial charge >= 0.3 is 0 Å². The fraction of sp³-hybridized carbons (Fsp3) is 0.500. The van der Waals surface area contributed by atoms with E-state index < -0.39 is 6.10 Å². The Morgan fingerprint density at radius 3 is 2.10 bits per heavy atom. The van der Waals surface area contributed by atoms with Crippen LogP contribution in [0.5, 0.6) is 0 Å². The Morgan fingerprint density at radius 2 is 1.52 bits per heavy atom. The van der Waals surface area contributed by atoms with Gasteiger partial charge < -0.3 is 13.9 Å². The third-order valence-corrected chi connectivity index (χ3v) is 3.86.